The van der Waals surface area contributed by atoms with Crippen LogP contribution in [-0.4, -0.2) is 24.7 Å². The highest BCUT2D eigenvalue weighted by atomic mass is 79.9. The highest BCUT2D eigenvalue weighted by molar-refractivity contribution is 9.10. The molecule has 0 saturated carbocycles. The van der Waals surface area contributed by atoms with E-state index < -0.39 is 5.54 Å². The number of benzene rings is 1. The summed E-state index contributed by atoms with van der Waals surface area (Å²) in [6.07, 6.45) is 0.477. The van der Waals surface area contributed by atoms with Gasteiger partial charge in [0.1, 0.15) is 5.54 Å². The number of rotatable bonds is 2. The number of amides is 1. The molecule has 1 amide bonds. The minimum absolute atomic E-state index is 0.199. The number of nitrogens with two attached hydrogens (primary N) is 1. The number of hydrogen-bond acceptors (Lipinski definition) is 3. The minimum Gasteiger partial charge on any atom is -0.379 e. The molecule has 1 fully saturated rings. The van der Waals surface area contributed by atoms with Gasteiger partial charge in [-0.05, 0) is 18.6 Å². The van der Waals surface area contributed by atoms with Crippen LogP contribution < -0.4 is 11.1 Å². The fraction of sp³-hybridized carbons (Fsp3) is 0.364. The quantitative estimate of drug-likeness (QED) is 0.859. The van der Waals surface area contributed by atoms with Crippen molar-refractivity contribution in [2.24, 2.45) is 5.73 Å². The second-order valence-electron chi connectivity index (χ2n) is 4.16. The summed E-state index contributed by atoms with van der Waals surface area (Å²) < 4.78 is 5.88. The van der Waals surface area contributed by atoms with Gasteiger partial charge in [0.25, 0.3) is 0 Å². The van der Waals surface area contributed by atoms with Gasteiger partial charge in [0, 0.05) is 11.1 Å². The number of anilines is 1. The van der Waals surface area contributed by atoms with Crippen LogP contribution in [0.15, 0.2) is 16.6 Å². The lowest BCUT2D eigenvalue weighted by Crippen LogP contribution is -2.51. The summed E-state index contributed by atoms with van der Waals surface area (Å²) in [7, 11) is 0. The number of carbonyl (C=O) groups excluding carboxylic acids is 1. The monoisotopic (exact) mass is 352 g/mol. The van der Waals surface area contributed by atoms with Crippen molar-refractivity contribution in [3.05, 3.63) is 26.7 Å². The largest absolute Gasteiger partial charge is 0.379 e. The van der Waals surface area contributed by atoms with Crippen molar-refractivity contribution >= 4 is 50.7 Å². The molecule has 1 aromatic rings. The molecule has 1 atom stereocenters. The Morgan fingerprint density at radius 3 is 2.56 bits per heavy atom. The number of hydrogen-bond donors (Lipinski definition) is 2. The van der Waals surface area contributed by atoms with Gasteiger partial charge in [-0.1, -0.05) is 39.1 Å². The molecule has 98 valence electrons. The molecule has 1 aliphatic rings. The van der Waals surface area contributed by atoms with E-state index in [9.17, 15) is 4.79 Å². The number of carbonyl (C=O) groups is 1. The molecule has 0 radical (unpaired) electrons. The Bertz CT molecular complexity index is 467. The molecule has 7 heteroatoms. The highest BCUT2D eigenvalue weighted by Crippen LogP contribution is 2.34. The van der Waals surface area contributed by atoms with Crippen molar-refractivity contribution in [3.8, 4) is 0 Å². The van der Waals surface area contributed by atoms with Crippen LogP contribution >= 0.6 is 39.1 Å². The zero-order valence-corrected chi connectivity index (χ0v) is 12.4. The fourth-order valence-corrected chi connectivity index (χ4v) is 2.96. The van der Waals surface area contributed by atoms with Crippen LogP contribution in [0, 0.1) is 0 Å². The van der Waals surface area contributed by atoms with Gasteiger partial charge >= 0.3 is 0 Å². The average molecular weight is 354 g/mol. The van der Waals surface area contributed by atoms with Gasteiger partial charge in [-0.15, -0.1) is 0 Å². The molecule has 0 spiro atoms. The number of halogens is 3. The molecular weight excluding hydrogens is 343 g/mol. The van der Waals surface area contributed by atoms with Crippen LogP contribution in [0.5, 0.6) is 0 Å². The van der Waals surface area contributed by atoms with E-state index in [-0.39, 0.29) is 12.5 Å². The maximum atomic E-state index is 12.1. The summed E-state index contributed by atoms with van der Waals surface area (Å²) in [6.45, 7) is 0.677. The third-order valence-electron chi connectivity index (χ3n) is 2.75. The maximum Gasteiger partial charge on any atom is 0.247 e. The summed E-state index contributed by atoms with van der Waals surface area (Å²) in [6, 6.07) is 3.30. The Labute approximate surface area is 123 Å². The molecule has 1 unspecified atom stereocenters. The lowest BCUT2D eigenvalue weighted by molar-refractivity contribution is -0.121. The van der Waals surface area contributed by atoms with E-state index in [0.717, 1.165) is 4.47 Å². The van der Waals surface area contributed by atoms with Crippen LogP contribution in [0.25, 0.3) is 0 Å². The Hall–Kier alpha value is -0.330. The summed E-state index contributed by atoms with van der Waals surface area (Å²) in [5.74, 6) is -0.342. The summed E-state index contributed by atoms with van der Waals surface area (Å²) in [4.78, 5) is 12.1. The molecule has 18 heavy (non-hydrogen) atoms. The first-order valence-corrected chi connectivity index (χ1v) is 6.80. The van der Waals surface area contributed by atoms with E-state index in [4.69, 9.17) is 33.7 Å². The van der Waals surface area contributed by atoms with Crippen molar-refractivity contribution in [2.75, 3.05) is 18.5 Å². The second-order valence-corrected chi connectivity index (χ2v) is 5.89. The SMILES string of the molecule is NC1(C(=O)Nc2c(Cl)cc(Br)cc2Cl)CCOC1. The third kappa shape index (κ3) is 2.81. The summed E-state index contributed by atoms with van der Waals surface area (Å²) >= 11 is 15.3. The molecule has 0 aliphatic carbocycles. The van der Waals surface area contributed by atoms with Crippen LogP contribution in [0.2, 0.25) is 10.0 Å². The highest BCUT2D eigenvalue weighted by Gasteiger charge is 2.38. The molecule has 4 nitrogen and oxygen atoms in total. The molecule has 1 aromatic carbocycles. The Morgan fingerprint density at radius 2 is 2.06 bits per heavy atom. The molecule has 3 N–H and O–H groups in total. The first kappa shape index (κ1) is 14.1. The summed E-state index contributed by atoms with van der Waals surface area (Å²) in [5, 5.41) is 3.36. The van der Waals surface area contributed by atoms with Gasteiger partial charge in [-0.2, -0.15) is 0 Å². The number of nitrogens with one attached hydrogen (secondary N) is 1. The smallest absolute Gasteiger partial charge is 0.247 e. The van der Waals surface area contributed by atoms with Crippen molar-refractivity contribution in [3.63, 3.8) is 0 Å². The van der Waals surface area contributed by atoms with E-state index in [1.807, 2.05) is 0 Å². The third-order valence-corrected chi connectivity index (χ3v) is 3.80. The normalized spacial score (nSPS) is 23.1. The van der Waals surface area contributed by atoms with Crippen LogP contribution in [-0.2, 0) is 9.53 Å². The second kappa shape index (κ2) is 5.35. The zero-order chi connectivity index (χ0) is 13.3. The van der Waals surface area contributed by atoms with E-state index in [0.29, 0.717) is 28.8 Å². The molecule has 0 bridgehead atoms. The predicted octanol–water partition coefficient (Wildman–Crippen LogP) is 2.81. The van der Waals surface area contributed by atoms with Crippen LogP contribution in [0.3, 0.4) is 0 Å². The maximum absolute atomic E-state index is 12.1. The Balaban J connectivity index is 2.22. The van der Waals surface area contributed by atoms with E-state index in [2.05, 4.69) is 21.2 Å². The van der Waals surface area contributed by atoms with Crippen LogP contribution in [0.4, 0.5) is 5.69 Å². The molecule has 1 aliphatic heterocycles. The molecule has 2 rings (SSSR count). The molecule has 0 aromatic heterocycles. The van der Waals surface area contributed by atoms with E-state index >= 15 is 0 Å². The van der Waals surface area contributed by atoms with Crippen molar-refractivity contribution in [2.45, 2.75) is 12.0 Å². The van der Waals surface area contributed by atoms with Crippen molar-refractivity contribution < 1.29 is 9.53 Å². The van der Waals surface area contributed by atoms with Gasteiger partial charge in [-0.25, -0.2) is 0 Å². The van der Waals surface area contributed by atoms with Gasteiger partial charge in [-0.3, -0.25) is 4.79 Å². The van der Waals surface area contributed by atoms with Crippen LogP contribution in [0.1, 0.15) is 6.42 Å². The first-order valence-electron chi connectivity index (χ1n) is 5.25. The molecule has 1 saturated heterocycles. The van der Waals surface area contributed by atoms with Crippen molar-refractivity contribution in [1.29, 1.82) is 0 Å². The fourth-order valence-electron chi connectivity index (χ4n) is 1.66. The average Bonchev–Trinajstić information content (AvgIpc) is 2.71. The molecular formula is C11H11BrCl2N2O2. The predicted molar refractivity (Wildman–Crippen MR) is 75.1 cm³/mol. The lowest BCUT2D eigenvalue weighted by atomic mass is 9.99. The van der Waals surface area contributed by atoms with Gasteiger partial charge < -0.3 is 15.8 Å². The van der Waals surface area contributed by atoms with Gasteiger partial charge in [0.15, 0.2) is 0 Å². The topological polar surface area (TPSA) is 64.4 Å². The van der Waals surface area contributed by atoms with Gasteiger partial charge in [0.2, 0.25) is 5.91 Å². The van der Waals surface area contributed by atoms with Crippen molar-refractivity contribution in [1.82, 2.24) is 0 Å². The lowest BCUT2D eigenvalue weighted by Gasteiger charge is -2.21. The molecule has 1 heterocycles. The Kier molecular flexibility index (Phi) is 4.18. The van der Waals surface area contributed by atoms with Gasteiger partial charge in [0.05, 0.1) is 22.3 Å². The zero-order valence-electron chi connectivity index (χ0n) is 9.30. The Morgan fingerprint density at radius 1 is 1.44 bits per heavy atom. The first-order chi connectivity index (χ1) is 8.42. The van der Waals surface area contributed by atoms with E-state index in [1.165, 1.54) is 0 Å². The standard InChI is InChI=1S/C11H11BrCl2N2O2/c12-6-3-7(13)9(8(14)4-6)16-10(17)11(15)1-2-18-5-11/h3-4H,1-2,5,15H2,(H,16,17). The number of ether oxygens (including phenoxy) is 1. The minimum atomic E-state index is -1.01. The summed E-state index contributed by atoms with van der Waals surface area (Å²) in [5.41, 5.74) is 5.30. The van der Waals surface area contributed by atoms with E-state index in [1.54, 1.807) is 12.1 Å².